The summed E-state index contributed by atoms with van der Waals surface area (Å²) in [6.07, 6.45) is -3.30. The highest BCUT2D eigenvalue weighted by molar-refractivity contribution is 5.96. The van der Waals surface area contributed by atoms with Crippen LogP contribution in [0.5, 0.6) is 5.75 Å². The van der Waals surface area contributed by atoms with Crippen LogP contribution in [0.25, 0.3) is 10.9 Å². The minimum atomic E-state index is -4.75. The predicted molar refractivity (Wildman–Crippen MR) is 82.9 cm³/mol. The molecule has 1 N–H and O–H groups in total. The van der Waals surface area contributed by atoms with Crippen LogP contribution in [-0.2, 0) is 0 Å². The number of fused-ring (bicyclic) bond motifs is 1. The molecule has 23 heavy (non-hydrogen) atoms. The van der Waals surface area contributed by atoms with Crippen molar-refractivity contribution >= 4 is 22.3 Å². The van der Waals surface area contributed by atoms with E-state index in [0.717, 1.165) is 11.3 Å². The zero-order chi connectivity index (χ0) is 16.4. The van der Waals surface area contributed by atoms with Crippen molar-refractivity contribution in [2.75, 3.05) is 5.32 Å². The standard InChI is InChI=1S/C17H13F3N2O/c1-11-5-2-3-7-13(11)22-14-9-10-21-16-12(14)6-4-8-15(16)23-17(18,19)20/h2-10H,1H3,(H,21,22). The van der Waals surface area contributed by atoms with Gasteiger partial charge in [0.1, 0.15) is 5.52 Å². The van der Waals surface area contributed by atoms with Gasteiger partial charge in [0, 0.05) is 23.0 Å². The minimum Gasteiger partial charge on any atom is -0.403 e. The second-order valence-corrected chi connectivity index (χ2v) is 5.00. The molecule has 0 aliphatic heterocycles. The van der Waals surface area contributed by atoms with Gasteiger partial charge in [0.05, 0.1) is 0 Å². The highest BCUT2D eigenvalue weighted by Gasteiger charge is 2.32. The van der Waals surface area contributed by atoms with Crippen LogP contribution in [-0.4, -0.2) is 11.3 Å². The van der Waals surface area contributed by atoms with Gasteiger partial charge >= 0.3 is 6.36 Å². The average molecular weight is 318 g/mol. The maximum atomic E-state index is 12.5. The first-order valence-electron chi connectivity index (χ1n) is 6.90. The van der Waals surface area contributed by atoms with E-state index in [1.54, 1.807) is 12.1 Å². The summed E-state index contributed by atoms with van der Waals surface area (Å²) in [7, 11) is 0. The molecule has 6 heteroatoms. The molecule has 1 heterocycles. The van der Waals surface area contributed by atoms with Gasteiger partial charge in [-0.1, -0.05) is 30.3 Å². The molecule has 0 radical (unpaired) electrons. The number of benzene rings is 2. The molecule has 0 atom stereocenters. The SMILES string of the molecule is Cc1ccccc1Nc1ccnc2c(OC(F)(F)F)cccc12. The second kappa shape index (κ2) is 5.79. The fourth-order valence-corrected chi connectivity index (χ4v) is 2.32. The van der Waals surface area contributed by atoms with E-state index in [4.69, 9.17) is 0 Å². The molecule has 3 rings (SSSR count). The summed E-state index contributed by atoms with van der Waals surface area (Å²) in [6.45, 7) is 1.95. The van der Waals surface area contributed by atoms with Crippen LogP contribution in [0.15, 0.2) is 54.7 Å². The zero-order valence-corrected chi connectivity index (χ0v) is 12.2. The summed E-state index contributed by atoms with van der Waals surface area (Å²) in [5, 5.41) is 3.78. The molecular formula is C17H13F3N2O. The number of hydrogen-bond acceptors (Lipinski definition) is 3. The number of aromatic nitrogens is 1. The summed E-state index contributed by atoms with van der Waals surface area (Å²) in [5.41, 5.74) is 2.72. The average Bonchev–Trinajstić information content (AvgIpc) is 2.49. The van der Waals surface area contributed by atoms with Gasteiger partial charge in [0.25, 0.3) is 0 Å². The van der Waals surface area contributed by atoms with Gasteiger partial charge in [-0.2, -0.15) is 0 Å². The van der Waals surface area contributed by atoms with E-state index in [-0.39, 0.29) is 11.3 Å². The molecule has 3 aromatic rings. The highest BCUT2D eigenvalue weighted by atomic mass is 19.4. The number of halogens is 3. The largest absolute Gasteiger partial charge is 0.573 e. The third kappa shape index (κ3) is 3.36. The lowest BCUT2D eigenvalue weighted by Crippen LogP contribution is -2.17. The van der Waals surface area contributed by atoms with E-state index in [2.05, 4.69) is 15.0 Å². The highest BCUT2D eigenvalue weighted by Crippen LogP contribution is 2.33. The molecule has 0 saturated carbocycles. The Balaban J connectivity index is 2.06. The fraction of sp³-hybridized carbons (Fsp3) is 0.118. The Kier molecular flexibility index (Phi) is 3.82. The summed E-state index contributed by atoms with van der Waals surface area (Å²) >= 11 is 0. The maximum absolute atomic E-state index is 12.5. The molecule has 118 valence electrons. The predicted octanol–water partition coefficient (Wildman–Crippen LogP) is 5.19. The van der Waals surface area contributed by atoms with Crippen LogP contribution in [0, 0.1) is 6.92 Å². The van der Waals surface area contributed by atoms with Crippen molar-refractivity contribution in [3.05, 3.63) is 60.3 Å². The van der Waals surface area contributed by atoms with Gasteiger partial charge in [0.15, 0.2) is 5.75 Å². The van der Waals surface area contributed by atoms with Crippen molar-refractivity contribution < 1.29 is 17.9 Å². The Hall–Kier alpha value is -2.76. The van der Waals surface area contributed by atoms with Crippen molar-refractivity contribution in [2.45, 2.75) is 13.3 Å². The van der Waals surface area contributed by atoms with Crippen molar-refractivity contribution in [3.8, 4) is 5.75 Å². The Morgan fingerprint density at radius 1 is 0.957 bits per heavy atom. The summed E-state index contributed by atoms with van der Waals surface area (Å²) in [4.78, 5) is 4.03. The first-order chi connectivity index (χ1) is 10.9. The molecule has 0 spiro atoms. The Morgan fingerprint density at radius 2 is 1.74 bits per heavy atom. The van der Waals surface area contributed by atoms with Gasteiger partial charge in [0.2, 0.25) is 0 Å². The van der Waals surface area contributed by atoms with Crippen molar-refractivity contribution in [1.29, 1.82) is 0 Å². The number of nitrogens with one attached hydrogen (secondary N) is 1. The quantitative estimate of drug-likeness (QED) is 0.722. The van der Waals surface area contributed by atoms with E-state index >= 15 is 0 Å². The molecule has 2 aromatic carbocycles. The Bertz CT molecular complexity index is 847. The number of ether oxygens (including phenoxy) is 1. The lowest BCUT2D eigenvalue weighted by Gasteiger charge is -2.14. The van der Waals surface area contributed by atoms with Crippen LogP contribution in [0.2, 0.25) is 0 Å². The fourth-order valence-electron chi connectivity index (χ4n) is 2.32. The summed E-state index contributed by atoms with van der Waals surface area (Å²) in [5.74, 6) is -0.316. The molecule has 0 amide bonds. The third-order valence-electron chi connectivity index (χ3n) is 3.37. The lowest BCUT2D eigenvalue weighted by atomic mass is 10.1. The van der Waals surface area contributed by atoms with Gasteiger partial charge < -0.3 is 10.1 Å². The first-order valence-corrected chi connectivity index (χ1v) is 6.90. The molecule has 3 nitrogen and oxygen atoms in total. The monoisotopic (exact) mass is 318 g/mol. The number of rotatable bonds is 3. The van der Waals surface area contributed by atoms with Gasteiger partial charge in [-0.05, 0) is 30.7 Å². The van der Waals surface area contributed by atoms with Crippen molar-refractivity contribution in [2.24, 2.45) is 0 Å². The normalized spacial score (nSPS) is 11.5. The van der Waals surface area contributed by atoms with E-state index in [0.29, 0.717) is 11.1 Å². The molecular weight excluding hydrogens is 305 g/mol. The van der Waals surface area contributed by atoms with E-state index in [1.165, 1.54) is 18.3 Å². The Labute approximate surface area is 130 Å². The molecule has 0 fully saturated rings. The zero-order valence-electron chi connectivity index (χ0n) is 12.2. The summed E-state index contributed by atoms with van der Waals surface area (Å²) < 4.78 is 41.6. The molecule has 0 unspecified atom stereocenters. The van der Waals surface area contributed by atoms with E-state index in [9.17, 15) is 13.2 Å². The lowest BCUT2D eigenvalue weighted by molar-refractivity contribution is -0.274. The molecule has 0 bridgehead atoms. The van der Waals surface area contributed by atoms with Crippen LogP contribution < -0.4 is 10.1 Å². The smallest absolute Gasteiger partial charge is 0.403 e. The molecule has 1 aromatic heterocycles. The molecule has 0 saturated heterocycles. The summed E-state index contributed by atoms with van der Waals surface area (Å²) in [6, 6.07) is 13.8. The second-order valence-electron chi connectivity index (χ2n) is 5.00. The minimum absolute atomic E-state index is 0.156. The van der Waals surface area contributed by atoms with Crippen LogP contribution >= 0.6 is 0 Å². The van der Waals surface area contributed by atoms with Gasteiger partial charge in [-0.15, -0.1) is 13.2 Å². The van der Waals surface area contributed by atoms with E-state index in [1.807, 2.05) is 31.2 Å². The number of anilines is 2. The molecule has 0 aliphatic carbocycles. The Morgan fingerprint density at radius 3 is 2.48 bits per heavy atom. The number of para-hydroxylation sites is 2. The topological polar surface area (TPSA) is 34.2 Å². The van der Waals surface area contributed by atoms with E-state index < -0.39 is 6.36 Å². The number of alkyl halides is 3. The number of pyridine rings is 1. The molecule has 0 aliphatic rings. The third-order valence-corrected chi connectivity index (χ3v) is 3.37. The van der Waals surface area contributed by atoms with Gasteiger partial charge in [-0.3, -0.25) is 4.98 Å². The number of aryl methyl sites for hydroxylation is 1. The number of hydrogen-bond donors (Lipinski definition) is 1. The van der Waals surface area contributed by atoms with Crippen molar-refractivity contribution in [1.82, 2.24) is 4.98 Å². The van der Waals surface area contributed by atoms with Crippen LogP contribution in [0.4, 0.5) is 24.5 Å². The van der Waals surface area contributed by atoms with Gasteiger partial charge in [-0.25, -0.2) is 0 Å². The van der Waals surface area contributed by atoms with Crippen LogP contribution in [0.1, 0.15) is 5.56 Å². The first kappa shape index (κ1) is 15.1. The maximum Gasteiger partial charge on any atom is 0.573 e. The van der Waals surface area contributed by atoms with Crippen molar-refractivity contribution in [3.63, 3.8) is 0 Å². The number of nitrogens with zero attached hydrogens (tertiary/aromatic N) is 1. The van der Waals surface area contributed by atoms with Crippen LogP contribution in [0.3, 0.4) is 0 Å².